The molecule has 5 heteroatoms. The van der Waals surface area contributed by atoms with E-state index in [4.69, 9.17) is 5.84 Å². The first-order valence-electron chi connectivity index (χ1n) is 6.18. The number of nitrogens with two attached hydrogens (primary N) is 1. The second-order valence-electron chi connectivity index (χ2n) is 4.41. The quantitative estimate of drug-likeness (QED) is 0.588. The van der Waals surface area contributed by atoms with Crippen LogP contribution in [0.15, 0.2) is 18.3 Å². The summed E-state index contributed by atoms with van der Waals surface area (Å²) in [5.41, 5.74) is 3.78. The van der Waals surface area contributed by atoms with E-state index in [2.05, 4.69) is 33.2 Å². The van der Waals surface area contributed by atoms with Gasteiger partial charge in [-0.25, -0.2) is 10.8 Å². The lowest BCUT2D eigenvalue weighted by Gasteiger charge is -2.33. The molecule has 5 nitrogen and oxygen atoms in total. The molecular formula is C12H21N5. The van der Waals surface area contributed by atoms with Gasteiger partial charge in [0.25, 0.3) is 0 Å². The monoisotopic (exact) mass is 235 g/mol. The maximum absolute atomic E-state index is 5.29. The molecule has 2 rings (SSSR count). The van der Waals surface area contributed by atoms with Crippen LogP contribution in [-0.4, -0.2) is 47.5 Å². The fourth-order valence-corrected chi connectivity index (χ4v) is 2.13. The van der Waals surface area contributed by atoms with Gasteiger partial charge in [-0.05, 0) is 18.2 Å². The zero-order valence-electron chi connectivity index (χ0n) is 10.4. The van der Waals surface area contributed by atoms with Gasteiger partial charge in [-0.15, -0.1) is 0 Å². The second-order valence-corrected chi connectivity index (χ2v) is 4.41. The number of piperazine rings is 1. The molecule has 1 fully saturated rings. The van der Waals surface area contributed by atoms with Crippen molar-refractivity contribution in [1.29, 1.82) is 0 Å². The number of pyridine rings is 1. The Bertz CT molecular complexity index is 329. The third kappa shape index (κ3) is 3.39. The van der Waals surface area contributed by atoms with E-state index in [9.17, 15) is 0 Å². The van der Waals surface area contributed by atoms with Crippen molar-refractivity contribution in [3.05, 3.63) is 23.9 Å². The van der Waals surface area contributed by atoms with Crippen LogP contribution in [-0.2, 0) is 6.54 Å². The van der Waals surface area contributed by atoms with Crippen LogP contribution >= 0.6 is 0 Å². The van der Waals surface area contributed by atoms with Gasteiger partial charge in [0, 0.05) is 38.9 Å². The zero-order chi connectivity index (χ0) is 12.1. The highest BCUT2D eigenvalue weighted by Gasteiger charge is 2.15. The summed E-state index contributed by atoms with van der Waals surface area (Å²) in [5, 5.41) is 0. The molecule has 94 valence electrons. The van der Waals surface area contributed by atoms with E-state index >= 15 is 0 Å². The summed E-state index contributed by atoms with van der Waals surface area (Å²) in [6.07, 6.45) is 1.89. The van der Waals surface area contributed by atoms with Crippen molar-refractivity contribution in [3.63, 3.8) is 0 Å². The summed E-state index contributed by atoms with van der Waals surface area (Å²) in [5.74, 6) is 6.00. The molecule has 0 atom stereocenters. The van der Waals surface area contributed by atoms with Gasteiger partial charge in [0.2, 0.25) is 0 Å². The van der Waals surface area contributed by atoms with Crippen LogP contribution in [0.25, 0.3) is 0 Å². The van der Waals surface area contributed by atoms with Gasteiger partial charge in [0.15, 0.2) is 0 Å². The van der Waals surface area contributed by atoms with Crippen LogP contribution in [0, 0.1) is 0 Å². The summed E-state index contributed by atoms with van der Waals surface area (Å²) in [4.78, 5) is 9.17. The largest absolute Gasteiger partial charge is 0.308 e. The molecule has 1 aliphatic heterocycles. The number of hydrogen-bond donors (Lipinski definition) is 2. The van der Waals surface area contributed by atoms with E-state index in [0.29, 0.717) is 5.82 Å². The number of anilines is 1. The minimum atomic E-state index is 0.713. The van der Waals surface area contributed by atoms with Gasteiger partial charge in [-0.3, -0.25) is 4.90 Å². The first-order valence-corrected chi connectivity index (χ1v) is 6.18. The first-order chi connectivity index (χ1) is 8.31. The number of aromatic nitrogens is 1. The number of nitrogens with one attached hydrogen (secondary N) is 1. The highest BCUT2D eigenvalue weighted by Crippen LogP contribution is 2.09. The lowest BCUT2D eigenvalue weighted by atomic mass is 10.2. The molecule has 0 unspecified atom stereocenters. The van der Waals surface area contributed by atoms with Crippen molar-refractivity contribution in [2.24, 2.45) is 5.84 Å². The summed E-state index contributed by atoms with van der Waals surface area (Å²) in [7, 11) is 0. The minimum absolute atomic E-state index is 0.713. The molecule has 0 saturated carbocycles. The fraction of sp³-hybridized carbons (Fsp3) is 0.583. The molecule has 3 N–H and O–H groups in total. The average molecular weight is 235 g/mol. The summed E-state index contributed by atoms with van der Waals surface area (Å²) in [6.45, 7) is 8.99. The smallest absolute Gasteiger partial charge is 0.139 e. The Labute approximate surface area is 103 Å². The Morgan fingerprint density at radius 2 is 1.94 bits per heavy atom. The van der Waals surface area contributed by atoms with Gasteiger partial charge in [0.05, 0.1) is 0 Å². The van der Waals surface area contributed by atoms with Crippen LogP contribution in [0.2, 0.25) is 0 Å². The summed E-state index contributed by atoms with van der Waals surface area (Å²) in [6, 6.07) is 3.99. The van der Waals surface area contributed by atoms with Crippen LogP contribution in [0.1, 0.15) is 12.5 Å². The van der Waals surface area contributed by atoms with Crippen molar-refractivity contribution >= 4 is 5.82 Å². The Balaban J connectivity index is 1.84. The lowest BCUT2D eigenvalue weighted by molar-refractivity contribution is 0.132. The Morgan fingerprint density at radius 1 is 1.24 bits per heavy atom. The molecule has 17 heavy (non-hydrogen) atoms. The molecular weight excluding hydrogens is 214 g/mol. The zero-order valence-corrected chi connectivity index (χ0v) is 10.4. The van der Waals surface area contributed by atoms with E-state index in [1.54, 1.807) is 0 Å². The van der Waals surface area contributed by atoms with Crippen molar-refractivity contribution in [1.82, 2.24) is 14.8 Å². The van der Waals surface area contributed by atoms with Gasteiger partial charge in [-0.1, -0.05) is 13.0 Å². The van der Waals surface area contributed by atoms with Crippen LogP contribution in [0.3, 0.4) is 0 Å². The Hall–Kier alpha value is -1.17. The summed E-state index contributed by atoms with van der Waals surface area (Å²) < 4.78 is 0. The molecule has 0 radical (unpaired) electrons. The highest BCUT2D eigenvalue weighted by molar-refractivity contribution is 5.33. The number of rotatable bonds is 4. The molecule has 1 aliphatic rings. The van der Waals surface area contributed by atoms with E-state index < -0.39 is 0 Å². The van der Waals surface area contributed by atoms with Gasteiger partial charge < -0.3 is 10.3 Å². The topological polar surface area (TPSA) is 57.4 Å². The van der Waals surface area contributed by atoms with E-state index in [-0.39, 0.29) is 0 Å². The van der Waals surface area contributed by atoms with E-state index in [1.807, 2.05) is 12.3 Å². The molecule has 0 amide bonds. The lowest BCUT2D eigenvalue weighted by Crippen LogP contribution is -2.45. The number of likely N-dealkylation sites (N-methyl/N-ethyl adjacent to an activating group) is 1. The van der Waals surface area contributed by atoms with Gasteiger partial charge in [-0.2, -0.15) is 0 Å². The van der Waals surface area contributed by atoms with Crippen molar-refractivity contribution in [3.8, 4) is 0 Å². The van der Waals surface area contributed by atoms with Gasteiger partial charge in [0.1, 0.15) is 5.82 Å². The normalized spacial score (nSPS) is 18.2. The predicted molar refractivity (Wildman–Crippen MR) is 69.4 cm³/mol. The maximum Gasteiger partial charge on any atom is 0.139 e. The molecule has 0 spiro atoms. The highest BCUT2D eigenvalue weighted by atomic mass is 15.3. The molecule has 1 aromatic rings. The molecule has 0 aliphatic carbocycles. The number of hydrogen-bond acceptors (Lipinski definition) is 5. The maximum atomic E-state index is 5.29. The first kappa shape index (κ1) is 12.3. The number of hydrazine groups is 1. The average Bonchev–Trinajstić information content (AvgIpc) is 2.40. The van der Waals surface area contributed by atoms with Crippen LogP contribution < -0.4 is 11.3 Å². The molecule has 1 saturated heterocycles. The van der Waals surface area contributed by atoms with Crippen molar-refractivity contribution < 1.29 is 0 Å². The third-order valence-corrected chi connectivity index (χ3v) is 3.29. The minimum Gasteiger partial charge on any atom is -0.308 e. The van der Waals surface area contributed by atoms with Crippen molar-refractivity contribution in [2.75, 3.05) is 38.1 Å². The number of nitrogens with zero attached hydrogens (tertiary/aromatic N) is 3. The van der Waals surface area contributed by atoms with Crippen LogP contribution in [0.4, 0.5) is 5.82 Å². The number of nitrogen functional groups attached to an aromatic ring is 1. The Morgan fingerprint density at radius 3 is 2.47 bits per heavy atom. The predicted octanol–water partition coefficient (Wildman–Crippen LogP) is 0.505. The molecule has 0 bridgehead atoms. The standard InChI is InChI=1S/C12H21N5/c1-2-16-5-7-17(8-6-16)10-11-3-4-12(15-13)14-9-11/h3-4,9H,2,5-8,10,13H2,1H3,(H,14,15). The molecule has 2 heterocycles. The van der Waals surface area contributed by atoms with Crippen LogP contribution in [0.5, 0.6) is 0 Å². The fourth-order valence-electron chi connectivity index (χ4n) is 2.13. The van der Waals surface area contributed by atoms with Gasteiger partial charge >= 0.3 is 0 Å². The Kier molecular flexibility index (Phi) is 4.30. The molecule has 0 aromatic carbocycles. The second kappa shape index (κ2) is 5.95. The van der Waals surface area contributed by atoms with Crippen molar-refractivity contribution in [2.45, 2.75) is 13.5 Å². The molecule has 1 aromatic heterocycles. The van der Waals surface area contributed by atoms with E-state index in [1.165, 1.54) is 18.7 Å². The SMILES string of the molecule is CCN1CCN(Cc2ccc(NN)nc2)CC1. The third-order valence-electron chi connectivity index (χ3n) is 3.29. The summed E-state index contributed by atoms with van der Waals surface area (Å²) >= 11 is 0. The van der Waals surface area contributed by atoms with E-state index in [0.717, 1.165) is 26.2 Å².